The lowest BCUT2D eigenvalue weighted by Gasteiger charge is -2.19. The minimum atomic E-state index is -4.09. The molecule has 2 rings (SSSR count). The zero-order valence-corrected chi connectivity index (χ0v) is 12.8. The number of nitrogens with one attached hydrogen (secondary N) is 1. The van der Waals surface area contributed by atoms with Gasteiger partial charge in [-0.25, -0.2) is 12.8 Å². The summed E-state index contributed by atoms with van der Waals surface area (Å²) in [6, 6.07) is 2.05. The fourth-order valence-electron chi connectivity index (χ4n) is 1.87. The lowest BCUT2D eigenvalue weighted by molar-refractivity contribution is -0.120. The van der Waals surface area contributed by atoms with E-state index in [4.69, 9.17) is 5.73 Å². The van der Waals surface area contributed by atoms with Crippen molar-refractivity contribution < 1.29 is 17.6 Å². The van der Waals surface area contributed by atoms with Gasteiger partial charge in [-0.3, -0.25) is 4.79 Å². The number of sulfonamides is 1. The number of nitrogens with two attached hydrogens (primary N) is 1. The number of rotatable bonds is 2. The van der Waals surface area contributed by atoms with Crippen LogP contribution in [0.3, 0.4) is 0 Å². The number of halogens is 2. The number of carbonyl (C=O) groups is 1. The van der Waals surface area contributed by atoms with Crippen molar-refractivity contribution in [1.29, 1.82) is 0 Å². The van der Waals surface area contributed by atoms with Gasteiger partial charge in [-0.2, -0.15) is 4.31 Å². The summed E-state index contributed by atoms with van der Waals surface area (Å²) in [5.74, 6) is -1.31. The molecule has 1 fully saturated rings. The Morgan fingerprint density at radius 2 is 2.10 bits per heavy atom. The standard InChI is InChI=1S/C11H13BrFN3O3S/c12-7-4-8(13)10(5-9(7)14)20(18,19)16-3-1-2-15-11(17)6-16/h4-5H,1-3,6,14H2,(H,15,17). The van der Waals surface area contributed by atoms with Crippen LogP contribution in [-0.4, -0.2) is 38.3 Å². The topological polar surface area (TPSA) is 92.5 Å². The van der Waals surface area contributed by atoms with Crippen molar-refractivity contribution >= 4 is 37.5 Å². The highest BCUT2D eigenvalue weighted by atomic mass is 79.9. The molecule has 6 nitrogen and oxygen atoms in total. The molecule has 0 spiro atoms. The van der Waals surface area contributed by atoms with Crippen molar-refractivity contribution in [2.45, 2.75) is 11.3 Å². The zero-order valence-electron chi connectivity index (χ0n) is 10.4. The fourth-order valence-corrected chi connectivity index (χ4v) is 3.70. The summed E-state index contributed by atoms with van der Waals surface area (Å²) in [4.78, 5) is 10.9. The molecule has 1 heterocycles. The summed E-state index contributed by atoms with van der Waals surface area (Å²) in [5.41, 5.74) is 5.71. The molecule has 1 aliphatic rings. The van der Waals surface area contributed by atoms with Gasteiger partial charge in [0.05, 0.1) is 6.54 Å². The summed E-state index contributed by atoms with van der Waals surface area (Å²) >= 11 is 3.03. The van der Waals surface area contributed by atoms with Gasteiger partial charge in [0.1, 0.15) is 10.7 Å². The van der Waals surface area contributed by atoms with E-state index in [0.717, 1.165) is 16.4 Å². The quantitative estimate of drug-likeness (QED) is 0.753. The fraction of sp³-hybridized carbons (Fsp3) is 0.364. The van der Waals surface area contributed by atoms with Crippen LogP contribution < -0.4 is 11.1 Å². The van der Waals surface area contributed by atoms with Crippen molar-refractivity contribution in [3.63, 3.8) is 0 Å². The van der Waals surface area contributed by atoms with E-state index < -0.39 is 26.6 Å². The van der Waals surface area contributed by atoms with Crippen LogP contribution in [0, 0.1) is 5.82 Å². The minimum absolute atomic E-state index is 0.115. The highest BCUT2D eigenvalue weighted by Gasteiger charge is 2.30. The maximum atomic E-state index is 13.9. The first-order chi connectivity index (χ1) is 9.32. The molecule has 0 aliphatic carbocycles. The smallest absolute Gasteiger partial charge is 0.246 e. The van der Waals surface area contributed by atoms with Crippen LogP contribution in [0.1, 0.15) is 6.42 Å². The molecule has 0 radical (unpaired) electrons. The molecule has 1 aromatic rings. The van der Waals surface area contributed by atoms with E-state index in [2.05, 4.69) is 21.2 Å². The molecule has 0 bridgehead atoms. The van der Waals surface area contributed by atoms with E-state index in [1.54, 1.807) is 0 Å². The number of hydrogen-bond donors (Lipinski definition) is 2. The first kappa shape index (κ1) is 15.2. The van der Waals surface area contributed by atoms with Crippen LogP contribution in [0.15, 0.2) is 21.5 Å². The Morgan fingerprint density at radius 3 is 2.80 bits per heavy atom. The maximum Gasteiger partial charge on any atom is 0.246 e. The Morgan fingerprint density at radius 1 is 1.40 bits per heavy atom. The largest absolute Gasteiger partial charge is 0.398 e. The molecule has 0 atom stereocenters. The highest BCUT2D eigenvalue weighted by molar-refractivity contribution is 9.10. The number of amides is 1. The predicted molar refractivity (Wildman–Crippen MR) is 74.9 cm³/mol. The summed E-state index contributed by atoms with van der Waals surface area (Å²) < 4.78 is 39.9. The molecule has 0 saturated carbocycles. The SMILES string of the molecule is Nc1cc(S(=O)(=O)N2CCCNC(=O)C2)c(F)cc1Br. The predicted octanol–water partition coefficient (Wildman–Crippen LogP) is 0.681. The molecular formula is C11H13BrFN3O3S. The van der Waals surface area contributed by atoms with Crippen molar-refractivity contribution in [3.05, 3.63) is 22.4 Å². The second-order valence-electron chi connectivity index (χ2n) is 4.35. The highest BCUT2D eigenvalue weighted by Crippen LogP contribution is 2.28. The molecule has 0 aromatic heterocycles. The number of nitrogens with zero attached hydrogens (tertiary/aromatic N) is 1. The van der Waals surface area contributed by atoms with E-state index in [-0.39, 0.29) is 23.2 Å². The number of carbonyl (C=O) groups excluding carboxylic acids is 1. The summed E-state index contributed by atoms with van der Waals surface area (Å²) in [6.07, 6.45) is 0.471. The molecule has 0 unspecified atom stereocenters. The number of benzene rings is 1. The first-order valence-corrected chi connectivity index (χ1v) is 8.07. The lowest BCUT2D eigenvalue weighted by atomic mass is 10.3. The summed E-state index contributed by atoms with van der Waals surface area (Å²) in [5, 5.41) is 2.56. The van der Waals surface area contributed by atoms with Gasteiger partial charge in [0.15, 0.2) is 0 Å². The maximum absolute atomic E-state index is 13.9. The number of hydrogen-bond acceptors (Lipinski definition) is 4. The Labute approximate surface area is 124 Å². The molecule has 1 amide bonds. The van der Waals surface area contributed by atoms with Crippen LogP contribution in [0.25, 0.3) is 0 Å². The molecule has 3 N–H and O–H groups in total. The molecule has 1 aliphatic heterocycles. The van der Waals surface area contributed by atoms with E-state index >= 15 is 0 Å². The van der Waals surface area contributed by atoms with Gasteiger partial charge >= 0.3 is 0 Å². The Hall–Kier alpha value is -1.19. The second kappa shape index (κ2) is 5.66. The third-order valence-corrected chi connectivity index (χ3v) is 5.44. The minimum Gasteiger partial charge on any atom is -0.398 e. The van der Waals surface area contributed by atoms with Crippen LogP contribution in [-0.2, 0) is 14.8 Å². The number of nitrogen functional groups attached to an aromatic ring is 1. The number of anilines is 1. The third kappa shape index (κ3) is 2.94. The van der Waals surface area contributed by atoms with E-state index in [0.29, 0.717) is 13.0 Å². The molecular weight excluding hydrogens is 353 g/mol. The van der Waals surface area contributed by atoms with Gasteiger partial charge in [0.2, 0.25) is 15.9 Å². The molecule has 20 heavy (non-hydrogen) atoms. The normalized spacial score (nSPS) is 17.6. The van der Waals surface area contributed by atoms with E-state index in [1.807, 2.05) is 0 Å². The van der Waals surface area contributed by atoms with Gasteiger partial charge in [0, 0.05) is 23.2 Å². The van der Waals surface area contributed by atoms with Gasteiger partial charge in [-0.1, -0.05) is 0 Å². The Bertz CT molecular complexity index is 651. The second-order valence-corrected chi connectivity index (χ2v) is 7.11. The van der Waals surface area contributed by atoms with Crippen molar-refractivity contribution in [3.8, 4) is 0 Å². The van der Waals surface area contributed by atoms with E-state index in [9.17, 15) is 17.6 Å². The van der Waals surface area contributed by atoms with Crippen LogP contribution in [0.2, 0.25) is 0 Å². The monoisotopic (exact) mass is 365 g/mol. The first-order valence-electron chi connectivity index (χ1n) is 5.84. The molecule has 1 aromatic carbocycles. The zero-order chi connectivity index (χ0) is 14.9. The molecule has 110 valence electrons. The summed E-state index contributed by atoms with van der Waals surface area (Å²) in [7, 11) is -4.09. The van der Waals surface area contributed by atoms with Crippen molar-refractivity contribution in [2.24, 2.45) is 0 Å². The molecule has 1 saturated heterocycles. The van der Waals surface area contributed by atoms with Gasteiger partial charge < -0.3 is 11.1 Å². The van der Waals surface area contributed by atoms with Crippen molar-refractivity contribution in [1.82, 2.24) is 9.62 Å². The average Bonchev–Trinajstić information content (AvgIpc) is 2.58. The Kier molecular flexibility index (Phi) is 4.31. The van der Waals surface area contributed by atoms with Gasteiger partial charge in [0.25, 0.3) is 0 Å². The summed E-state index contributed by atoms with van der Waals surface area (Å²) in [6.45, 7) is 0.226. The molecule has 9 heteroatoms. The van der Waals surface area contributed by atoms with Gasteiger partial charge in [-0.05, 0) is 34.5 Å². The van der Waals surface area contributed by atoms with E-state index in [1.165, 1.54) is 0 Å². The third-order valence-electron chi connectivity index (χ3n) is 2.90. The van der Waals surface area contributed by atoms with Crippen LogP contribution >= 0.6 is 15.9 Å². The lowest BCUT2D eigenvalue weighted by Crippen LogP contribution is -2.37. The van der Waals surface area contributed by atoms with Crippen LogP contribution in [0.5, 0.6) is 0 Å². The Balaban J connectivity index is 2.44. The van der Waals surface area contributed by atoms with Crippen LogP contribution in [0.4, 0.5) is 10.1 Å². The average molecular weight is 366 g/mol. The van der Waals surface area contributed by atoms with Crippen molar-refractivity contribution in [2.75, 3.05) is 25.4 Å². The van der Waals surface area contributed by atoms with Gasteiger partial charge in [-0.15, -0.1) is 0 Å².